The van der Waals surface area contributed by atoms with E-state index in [1.807, 2.05) is 30.3 Å². The van der Waals surface area contributed by atoms with Crippen LogP contribution in [0.15, 0.2) is 29.3 Å². The predicted molar refractivity (Wildman–Crippen MR) is 48.5 cm³/mol. The first-order valence-electron chi connectivity index (χ1n) is 3.28. The molecule has 2 heteroatoms. The van der Waals surface area contributed by atoms with Gasteiger partial charge in [0.15, 0.2) is 0 Å². The molecule has 0 saturated heterocycles. The molecule has 0 unspecified atom stereocenters. The molecule has 0 atom stereocenters. The minimum atomic E-state index is 0.632. The van der Waals surface area contributed by atoms with Crippen LogP contribution in [-0.2, 0) is 0 Å². The van der Waals surface area contributed by atoms with Crippen LogP contribution in [0, 0.1) is 5.38 Å². The van der Waals surface area contributed by atoms with Crippen LogP contribution in [-0.4, -0.2) is 0 Å². The Hall–Kier alpha value is -0.460. The molecule has 0 bridgehead atoms. The van der Waals surface area contributed by atoms with Crippen molar-refractivity contribution in [3.63, 3.8) is 0 Å². The SMILES string of the molecule is Cl[C]1C(Cl)=Cc2ccccc21. The number of halogens is 2. The Labute approximate surface area is 75.4 Å². The van der Waals surface area contributed by atoms with Crippen molar-refractivity contribution in [3.05, 3.63) is 45.8 Å². The number of hydrogen-bond acceptors (Lipinski definition) is 0. The van der Waals surface area contributed by atoms with Crippen LogP contribution in [0.2, 0.25) is 0 Å². The third-order valence-electron chi connectivity index (χ3n) is 1.69. The third kappa shape index (κ3) is 1.07. The predicted octanol–water partition coefficient (Wildman–Crippen LogP) is 3.40. The lowest BCUT2D eigenvalue weighted by molar-refractivity contribution is 1.49. The first-order valence-corrected chi connectivity index (χ1v) is 4.04. The van der Waals surface area contributed by atoms with Crippen LogP contribution >= 0.6 is 23.2 Å². The fraction of sp³-hybridized carbons (Fsp3) is 0. The number of hydrogen-bond donors (Lipinski definition) is 0. The summed E-state index contributed by atoms with van der Waals surface area (Å²) in [5.41, 5.74) is 2.13. The monoisotopic (exact) mass is 183 g/mol. The molecule has 0 spiro atoms. The summed E-state index contributed by atoms with van der Waals surface area (Å²) in [4.78, 5) is 0. The molecule has 0 N–H and O–H groups in total. The molecule has 1 aromatic rings. The van der Waals surface area contributed by atoms with Crippen molar-refractivity contribution in [2.45, 2.75) is 0 Å². The minimum absolute atomic E-state index is 0.632. The van der Waals surface area contributed by atoms with Gasteiger partial charge in [-0.3, -0.25) is 0 Å². The lowest BCUT2D eigenvalue weighted by Crippen LogP contribution is -1.85. The molecular formula is C9H5Cl2. The highest BCUT2D eigenvalue weighted by molar-refractivity contribution is 6.46. The molecule has 1 aliphatic carbocycles. The normalized spacial score (nSPS) is 16.4. The van der Waals surface area contributed by atoms with Gasteiger partial charge in [-0.15, -0.1) is 11.6 Å². The van der Waals surface area contributed by atoms with Crippen molar-refractivity contribution in [2.75, 3.05) is 0 Å². The van der Waals surface area contributed by atoms with E-state index in [0.29, 0.717) is 10.4 Å². The Bertz CT molecular complexity index is 315. The van der Waals surface area contributed by atoms with Gasteiger partial charge >= 0.3 is 0 Å². The van der Waals surface area contributed by atoms with Gasteiger partial charge in [-0.05, 0) is 17.2 Å². The lowest BCUT2D eigenvalue weighted by atomic mass is 10.1. The molecule has 1 aromatic carbocycles. The van der Waals surface area contributed by atoms with Gasteiger partial charge in [-0.1, -0.05) is 35.9 Å². The highest BCUT2D eigenvalue weighted by Gasteiger charge is 2.21. The van der Waals surface area contributed by atoms with Crippen molar-refractivity contribution < 1.29 is 0 Å². The van der Waals surface area contributed by atoms with Crippen molar-refractivity contribution in [1.82, 2.24) is 0 Å². The third-order valence-corrected chi connectivity index (χ3v) is 2.49. The summed E-state index contributed by atoms with van der Waals surface area (Å²) in [6.07, 6.45) is 1.87. The van der Waals surface area contributed by atoms with E-state index in [0.717, 1.165) is 11.1 Å². The number of allylic oxidation sites excluding steroid dienone is 1. The Balaban J connectivity index is 2.58. The fourth-order valence-corrected chi connectivity index (χ4v) is 1.60. The number of fused-ring (bicyclic) bond motifs is 1. The Kier molecular flexibility index (Phi) is 1.67. The quantitative estimate of drug-likeness (QED) is 0.579. The summed E-state index contributed by atoms with van der Waals surface area (Å²) >= 11 is 11.7. The van der Waals surface area contributed by atoms with Crippen molar-refractivity contribution >= 4 is 29.3 Å². The second kappa shape index (κ2) is 2.54. The van der Waals surface area contributed by atoms with E-state index in [-0.39, 0.29) is 0 Å². The van der Waals surface area contributed by atoms with Crippen LogP contribution in [0.3, 0.4) is 0 Å². The van der Waals surface area contributed by atoms with E-state index >= 15 is 0 Å². The molecule has 0 saturated carbocycles. The number of benzene rings is 1. The van der Waals surface area contributed by atoms with Gasteiger partial charge in [-0.25, -0.2) is 0 Å². The van der Waals surface area contributed by atoms with Crippen LogP contribution in [0.25, 0.3) is 6.08 Å². The summed E-state index contributed by atoms with van der Waals surface area (Å²) in [7, 11) is 0. The zero-order valence-electron chi connectivity index (χ0n) is 5.64. The smallest absolute Gasteiger partial charge is 0.105 e. The second-order valence-electron chi connectivity index (χ2n) is 2.39. The van der Waals surface area contributed by atoms with Crippen LogP contribution in [0.1, 0.15) is 11.1 Å². The molecule has 0 heterocycles. The molecule has 11 heavy (non-hydrogen) atoms. The zero-order valence-corrected chi connectivity index (χ0v) is 7.15. The first kappa shape index (κ1) is 7.20. The summed E-state index contributed by atoms with van der Waals surface area (Å²) in [5.74, 6) is 0. The van der Waals surface area contributed by atoms with Crippen LogP contribution < -0.4 is 0 Å². The van der Waals surface area contributed by atoms with E-state index in [4.69, 9.17) is 23.2 Å². The molecule has 0 fully saturated rings. The zero-order chi connectivity index (χ0) is 7.84. The molecule has 0 nitrogen and oxygen atoms in total. The molecule has 0 aromatic heterocycles. The van der Waals surface area contributed by atoms with Gasteiger partial charge in [0.2, 0.25) is 0 Å². The van der Waals surface area contributed by atoms with Gasteiger partial charge in [0.25, 0.3) is 0 Å². The van der Waals surface area contributed by atoms with E-state index in [2.05, 4.69) is 0 Å². The largest absolute Gasteiger partial charge is 0.134 e. The summed E-state index contributed by atoms with van der Waals surface area (Å²) in [6.45, 7) is 0. The van der Waals surface area contributed by atoms with Gasteiger partial charge in [0.1, 0.15) is 5.38 Å². The molecule has 0 aliphatic heterocycles. The molecule has 1 aliphatic rings. The van der Waals surface area contributed by atoms with Gasteiger partial charge in [0.05, 0.1) is 0 Å². The highest BCUT2D eigenvalue weighted by atomic mass is 35.5. The molecule has 2 rings (SSSR count). The summed E-state index contributed by atoms with van der Waals surface area (Å²) in [5, 5.41) is 1.29. The maximum Gasteiger partial charge on any atom is 0.134 e. The van der Waals surface area contributed by atoms with Crippen molar-refractivity contribution in [2.24, 2.45) is 0 Å². The maximum absolute atomic E-state index is 5.91. The second-order valence-corrected chi connectivity index (χ2v) is 3.18. The van der Waals surface area contributed by atoms with Gasteiger partial charge in [-0.2, -0.15) is 0 Å². The molecular weight excluding hydrogens is 179 g/mol. The highest BCUT2D eigenvalue weighted by Crippen LogP contribution is 2.39. The van der Waals surface area contributed by atoms with E-state index < -0.39 is 0 Å². The van der Waals surface area contributed by atoms with Crippen molar-refractivity contribution in [1.29, 1.82) is 0 Å². The first-order chi connectivity index (χ1) is 5.29. The van der Waals surface area contributed by atoms with Crippen molar-refractivity contribution in [3.8, 4) is 0 Å². The molecule has 55 valence electrons. The lowest BCUT2D eigenvalue weighted by Gasteiger charge is -2.00. The standard InChI is InChI=1S/C9H5Cl2/c10-8-5-6-3-1-2-4-7(6)9(8)11/h1-5H. The number of rotatable bonds is 0. The topological polar surface area (TPSA) is 0 Å². The average Bonchev–Trinajstić information content (AvgIpc) is 2.30. The van der Waals surface area contributed by atoms with E-state index in [9.17, 15) is 0 Å². The minimum Gasteiger partial charge on any atom is -0.105 e. The summed E-state index contributed by atoms with van der Waals surface area (Å²) < 4.78 is 0. The molecule has 1 radical (unpaired) electrons. The Morgan fingerprint density at radius 2 is 1.73 bits per heavy atom. The van der Waals surface area contributed by atoms with E-state index in [1.165, 1.54) is 0 Å². The van der Waals surface area contributed by atoms with Gasteiger partial charge < -0.3 is 0 Å². The Morgan fingerprint density at radius 3 is 2.45 bits per heavy atom. The Morgan fingerprint density at radius 1 is 1.00 bits per heavy atom. The van der Waals surface area contributed by atoms with Crippen LogP contribution in [0.5, 0.6) is 0 Å². The molecule has 0 amide bonds. The maximum atomic E-state index is 5.91. The van der Waals surface area contributed by atoms with E-state index in [1.54, 1.807) is 0 Å². The fourth-order valence-electron chi connectivity index (χ4n) is 1.15. The summed E-state index contributed by atoms with van der Waals surface area (Å²) in [6, 6.07) is 7.87. The average molecular weight is 184 g/mol. The van der Waals surface area contributed by atoms with Gasteiger partial charge in [0, 0.05) is 5.03 Å². The van der Waals surface area contributed by atoms with Crippen LogP contribution in [0.4, 0.5) is 0 Å².